The van der Waals surface area contributed by atoms with Crippen LogP contribution in [0.1, 0.15) is 32.6 Å². The number of hydrogen-bond acceptors (Lipinski definition) is 2. The quantitative estimate of drug-likeness (QED) is 0.805. The van der Waals surface area contributed by atoms with Crippen molar-refractivity contribution in [3.63, 3.8) is 0 Å². The second-order valence-electron chi connectivity index (χ2n) is 4.89. The van der Waals surface area contributed by atoms with Crippen molar-refractivity contribution in [2.75, 3.05) is 26.7 Å². The summed E-state index contributed by atoms with van der Waals surface area (Å²) in [5.74, 6) is -0.133. The number of carbonyl (C=O) groups is 1. The summed E-state index contributed by atoms with van der Waals surface area (Å²) >= 11 is 0. The first-order valence-electron chi connectivity index (χ1n) is 6.26. The van der Waals surface area contributed by atoms with E-state index in [9.17, 15) is 13.6 Å². The van der Waals surface area contributed by atoms with Gasteiger partial charge in [-0.1, -0.05) is 13.3 Å². The van der Waals surface area contributed by atoms with Gasteiger partial charge in [0.1, 0.15) is 0 Å². The number of carbonyl (C=O) groups excluding carboxylic acids is 1. The highest BCUT2D eigenvalue weighted by Crippen LogP contribution is 2.33. The van der Waals surface area contributed by atoms with Gasteiger partial charge in [-0.3, -0.25) is 4.79 Å². The molecule has 100 valence electrons. The van der Waals surface area contributed by atoms with Crippen LogP contribution in [-0.4, -0.2) is 43.9 Å². The molecule has 1 amide bonds. The molecular weight excluding hydrogens is 226 g/mol. The lowest BCUT2D eigenvalue weighted by Crippen LogP contribution is -2.51. The minimum Gasteiger partial charge on any atom is -0.340 e. The van der Waals surface area contributed by atoms with Gasteiger partial charge in [0.05, 0.1) is 12.0 Å². The van der Waals surface area contributed by atoms with Gasteiger partial charge in [0.25, 0.3) is 6.43 Å². The van der Waals surface area contributed by atoms with Gasteiger partial charge in [-0.25, -0.2) is 8.78 Å². The summed E-state index contributed by atoms with van der Waals surface area (Å²) in [7, 11) is 1.47. The van der Waals surface area contributed by atoms with Crippen LogP contribution in [0.15, 0.2) is 0 Å². The summed E-state index contributed by atoms with van der Waals surface area (Å²) in [5, 5.41) is 3.21. The predicted molar refractivity (Wildman–Crippen MR) is 63.1 cm³/mol. The van der Waals surface area contributed by atoms with Crippen molar-refractivity contribution < 1.29 is 13.6 Å². The van der Waals surface area contributed by atoms with Crippen LogP contribution in [0, 0.1) is 5.41 Å². The number of hydrogen-bond donors (Lipinski definition) is 1. The van der Waals surface area contributed by atoms with E-state index in [4.69, 9.17) is 0 Å². The largest absolute Gasteiger partial charge is 0.340 e. The van der Waals surface area contributed by atoms with Crippen LogP contribution in [0.25, 0.3) is 0 Å². The van der Waals surface area contributed by atoms with Crippen LogP contribution in [0.5, 0.6) is 0 Å². The molecule has 1 heterocycles. The van der Waals surface area contributed by atoms with Gasteiger partial charge in [-0.2, -0.15) is 0 Å². The third-order valence-electron chi connectivity index (χ3n) is 3.41. The molecule has 0 radical (unpaired) electrons. The van der Waals surface area contributed by atoms with Crippen LogP contribution in [0.4, 0.5) is 8.78 Å². The average molecular weight is 248 g/mol. The molecule has 0 bridgehead atoms. The highest BCUT2D eigenvalue weighted by molar-refractivity contribution is 5.83. The minimum absolute atomic E-state index is 0.133. The van der Waals surface area contributed by atoms with E-state index in [0.29, 0.717) is 6.54 Å². The number of alkyl halides is 2. The van der Waals surface area contributed by atoms with Crippen molar-refractivity contribution >= 4 is 5.91 Å². The van der Waals surface area contributed by atoms with Gasteiger partial charge >= 0.3 is 0 Å². The molecular formula is C12H22F2N2O. The third kappa shape index (κ3) is 3.63. The van der Waals surface area contributed by atoms with Crippen LogP contribution < -0.4 is 5.32 Å². The van der Waals surface area contributed by atoms with Crippen molar-refractivity contribution in [3.8, 4) is 0 Å². The number of piperidine rings is 1. The Morgan fingerprint density at radius 3 is 2.71 bits per heavy atom. The van der Waals surface area contributed by atoms with Crippen molar-refractivity contribution in [3.05, 3.63) is 0 Å². The monoisotopic (exact) mass is 248 g/mol. The lowest BCUT2D eigenvalue weighted by molar-refractivity contribution is -0.144. The zero-order valence-corrected chi connectivity index (χ0v) is 10.6. The van der Waals surface area contributed by atoms with Gasteiger partial charge in [0, 0.05) is 13.6 Å². The number of nitrogens with one attached hydrogen (secondary N) is 1. The van der Waals surface area contributed by atoms with Crippen LogP contribution in [0.3, 0.4) is 0 Å². The van der Waals surface area contributed by atoms with Gasteiger partial charge in [-0.05, 0) is 25.8 Å². The maximum absolute atomic E-state index is 12.3. The SMILES string of the molecule is CCCC1(C(=O)N(C)CC(F)F)CCCNC1. The Morgan fingerprint density at radius 1 is 1.53 bits per heavy atom. The molecule has 1 atom stereocenters. The molecule has 3 nitrogen and oxygen atoms in total. The van der Waals surface area contributed by atoms with E-state index in [1.807, 2.05) is 6.92 Å². The van der Waals surface area contributed by atoms with E-state index < -0.39 is 18.4 Å². The molecule has 1 rings (SSSR count). The van der Waals surface area contributed by atoms with Gasteiger partial charge in [0.2, 0.25) is 5.91 Å². The molecule has 1 aliphatic heterocycles. The van der Waals surface area contributed by atoms with Crippen molar-refractivity contribution in [1.29, 1.82) is 0 Å². The fraction of sp³-hybridized carbons (Fsp3) is 0.917. The predicted octanol–water partition coefficient (Wildman–Crippen LogP) is 1.88. The average Bonchev–Trinajstić information content (AvgIpc) is 2.28. The summed E-state index contributed by atoms with van der Waals surface area (Å²) < 4.78 is 24.6. The molecule has 0 aliphatic carbocycles. The van der Waals surface area contributed by atoms with E-state index in [1.54, 1.807) is 0 Å². The Balaban J connectivity index is 2.71. The summed E-state index contributed by atoms with van der Waals surface area (Å²) in [6.45, 7) is 3.09. The molecule has 0 aromatic rings. The van der Waals surface area contributed by atoms with Crippen LogP contribution in [0.2, 0.25) is 0 Å². The standard InChI is InChI=1S/C12H22F2N2O/c1-3-5-12(6-4-7-15-9-12)11(17)16(2)8-10(13)14/h10,15H,3-9H2,1-2H3. The Morgan fingerprint density at radius 2 is 2.24 bits per heavy atom. The Kier molecular flexibility index (Phi) is 5.31. The van der Waals surface area contributed by atoms with Crippen molar-refractivity contribution in [2.24, 2.45) is 5.41 Å². The number of halogens is 2. The number of nitrogens with zero attached hydrogens (tertiary/aromatic N) is 1. The molecule has 0 saturated carbocycles. The normalized spacial score (nSPS) is 25.0. The fourth-order valence-corrected chi connectivity index (χ4v) is 2.64. The number of rotatable bonds is 5. The number of amides is 1. The molecule has 0 spiro atoms. The lowest BCUT2D eigenvalue weighted by atomic mass is 9.76. The molecule has 5 heteroatoms. The van der Waals surface area contributed by atoms with Gasteiger partial charge in [-0.15, -0.1) is 0 Å². The minimum atomic E-state index is -2.46. The maximum atomic E-state index is 12.3. The van der Waals surface area contributed by atoms with Crippen molar-refractivity contribution in [2.45, 2.75) is 39.0 Å². The fourth-order valence-electron chi connectivity index (χ4n) is 2.64. The van der Waals surface area contributed by atoms with Crippen molar-refractivity contribution in [1.82, 2.24) is 10.2 Å². The summed E-state index contributed by atoms with van der Waals surface area (Å²) in [4.78, 5) is 13.5. The Bertz CT molecular complexity index is 247. The van der Waals surface area contributed by atoms with Crippen LogP contribution in [-0.2, 0) is 4.79 Å². The van der Waals surface area contributed by atoms with Gasteiger partial charge in [0.15, 0.2) is 0 Å². The Hall–Kier alpha value is -0.710. The molecule has 0 aromatic carbocycles. The molecule has 1 unspecified atom stereocenters. The maximum Gasteiger partial charge on any atom is 0.255 e. The third-order valence-corrected chi connectivity index (χ3v) is 3.41. The summed E-state index contributed by atoms with van der Waals surface area (Å²) in [6, 6.07) is 0. The van der Waals surface area contributed by atoms with E-state index in [2.05, 4.69) is 5.32 Å². The highest BCUT2D eigenvalue weighted by Gasteiger charge is 2.40. The summed E-state index contributed by atoms with van der Waals surface area (Å²) in [5.41, 5.74) is -0.462. The summed E-state index contributed by atoms with van der Waals surface area (Å²) in [6.07, 6.45) is 0.954. The highest BCUT2D eigenvalue weighted by atomic mass is 19.3. The smallest absolute Gasteiger partial charge is 0.255 e. The molecule has 17 heavy (non-hydrogen) atoms. The van der Waals surface area contributed by atoms with E-state index in [0.717, 1.165) is 32.2 Å². The second-order valence-corrected chi connectivity index (χ2v) is 4.89. The van der Waals surface area contributed by atoms with E-state index >= 15 is 0 Å². The molecule has 0 aromatic heterocycles. The first-order chi connectivity index (χ1) is 8.02. The lowest BCUT2D eigenvalue weighted by Gasteiger charge is -2.39. The van der Waals surface area contributed by atoms with E-state index in [-0.39, 0.29) is 5.91 Å². The molecule has 1 N–H and O–H groups in total. The van der Waals surface area contributed by atoms with E-state index in [1.165, 1.54) is 11.9 Å². The molecule has 1 fully saturated rings. The van der Waals surface area contributed by atoms with Crippen LogP contribution >= 0.6 is 0 Å². The first-order valence-corrected chi connectivity index (χ1v) is 6.26. The zero-order valence-electron chi connectivity index (χ0n) is 10.6. The topological polar surface area (TPSA) is 32.3 Å². The van der Waals surface area contributed by atoms with Gasteiger partial charge < -0.3 is 10.2 Å². The zero-order chi connectivity index (χ0) is 12.9. The molecule has 1 aliphatic rings. The molecule has 1 saturated heterocycles. The second kappa shape index (κ2) is 6.28. The first kappa shape index (κ1) is 14.4. The Labute approximate surface area is 102 Å².